The van der Waals surface area contributed by atoms with E-state index >= 15 is 0 Å². The van der Waals surface area contributed by atoms with Gasteiger partial charge < -0.3 is 18.9 Å². The Morgan fingerprint density at radius 1 is 0.950 bits per heavy atom. The van der Waals surface area contributed by atoms with Gasteiger partial charge in [0.2, 0.25) is 0 Å². The lowest BCUT2D eigenvalue weighted by molar-refractivity contribution is -0.212. The van der Waals surface area contributed by atoms with Crippen LogP contribution in [0.2, 0.25) is 0 Å². The number of carbonyl (C=O) groups excluding carboxylic acids is 4. The molecule has 2 heterocycles. The minimum atomic E-state index is -0.902. The Morgan fingerprint density at radius 2 is 1.43 bits per heavy atom. The van der Waals surface area contributed by atoms with E-state index in [2.05, 4.69) is 40.9 Å². The van der Waals surface area contributed by atoms with Gasteiger partial charge in [-0.05, 0) is 79.1 Å². The third-order valence-electron chi connectivity index (χ3n) is 10.9. The summed E-state index contributed by atoms with van der Waals surface area (Å²) in [4.78, 5) is 47.9. The lowest BCUT2D eigenvalue weighted by Crippen LogP contribution is -2.58. The van der Waals surface area contributed by atoms with Crippen molar-refractivity contribution in [3.05, 3.63) is 24.8 Å². The molecular formula is C32H48O8. The summed E-state index contributed by atoms with van der Waals surface area (Å²) in [5.74, 6) is -1.93. The molecule has 8 nitrogen and oxygen atoms in total. The minimum Gasteiger partial charge on any atom is -0.459 e. The maximum absolute atomic E-state index is 12.5. The summed E-state index contributed by atoms with van der Waals surface area (Å²) in [5.41, 5.74) is -1.60. The van der Waals surface area contributed by atoms with E-state index in [0.717, 1.165) is 31.8 Å². The first-order valence-corrected chi connectivity index (χ1v) is 14.3. The number of rotatable bonds is 6. The first kappa shape index (κ1) is 31.9. The maximum atomic E-state index is 12.5. The zero-order valence-corrected chi connectivity index (χ0v) is 26.0. The van der Waals surface area contributed by atoms with Gasteiger partial charge in [-0.2, -0.15) is 0 Å². The topological polar surface area (TPSA) is 105 Å². The van der Waals surface area contributed by atoms with Crippen LogP contribution in [0.5, 0.6) is 0 Å². The highest BCUT2D eigenvalue weighted by Gasteiger charge is 2.66. The van der Waals surface area contributed by atoms with Crippen molar-refractivity contribution in [1.29, 1.82) is 0 Å². The van der Waals surface area contributed by atoms with Crippen LogP contribution in [0.1, 0.15) is 94.9 Å². The van der Waals surface area contributed by atoms with Crippen LogP contribution in [0, 0.1) is 34.5 Å². The molecule has 224 valence electrons. The molecule has 7 unspecified atom stereocenters. The van der Waals surface area contributed by atoms with Gasteiger partial charge in [-0.1, -0.05) is 40.9 Å². The quantitative estimate of drug-likeness (QED) is 0.231. The first-order valence-electron chi connectivity index (χ1n) is 14.3. The molecule has 2 saturated carbocycles. The highest BCUT2D eigenvalue weighted by molar-refractivity contribution is 5.88. The molecule has 0 amide bonds. The number of esters is 4. The first-order chi connectivity index (χ1) is 18.1. The summed E-state index contributed by atoms with van der Waals surface area (Å²) < 4.78 is 22.2. The maximum Gasteiger partial charge on any atom is 0.333 e. The summed E-state index contributed by atoms with van der Waals surface area (Å²) in [6, 6.07) is 0. The van der Waals surface area contributed by atoms with Gasteiger partial charge in [0.1, 0.15) is 22.9 Å². The minimum absolute atomic E-state index is 0.0968. The van der Waals surface area contributed by atoms with E-state index in [1.165, 1.54) is 0 Å². The van der Waals surface area contributed by atoms with Crippen LogP contribution in [0.15, 0.2) is 24.8 Å². The Labute approximate surface area is 239 Å². The normalized spacial score (nSPS) is 35.8. The van der Waals surface area contributed by atoms with Crippen LogP contribution < -0.4 is 0 Å². The third-order valence-corrected chi connectivity index (χ3v) is 10.9. The second kappa shape index (κ2) is 10.3. The van der Waals surface area contributed by atoms with Crippen LogP contribution in [0.25, 0.3) is 0 Å². The van der Waals surface area contributed by atoms with Crippen molar-refractivity contribution in [2.45, 2.75) is 118 Å². The van der Waals surface area contributed by atoms with Gasteiger partial charge in [0.05, 0.1) is 11.8 Å². The van der Waals surface area contributed by atoms with E-state index in [9.17, 15) is 19.2 Å². The molecular weight excluding hydrogens is 512 g/mol. The molecule has 2 aliphatic heterocycles. The summed E-state index contributed by atoms with van der Waals surface area (Å²) >= 11 is 0. The van der Waals surface area contributed by atoms with Gasteiger partial charge in [-0.3, -0.25) is 9.59 Å². The number of carbonyl (C=O) groups is 4. The second-order valence-electron chi connectivity index (χ2n) is 14.2. The highest BCUT2D eigenvalue weighted by atomic mass is 16.6. The van der Waals surface area contributed by atoms with Crippen molar-refractivity contribution in [3.63, 3.8) is 0 Å². The number of hydrogen-bond acceptors (Lipinski definition) is 8. The SMILES string of the molecule is C=C(C)C(=O)OC(C)(C)C1C(=O)OC2(C)CCC1C2(C)C.C=CC(=O)OC(C)C1C(=O)OC2(C)CCC1C2(C)C. The van der Waals surface area contributed by atoms with Gasteiger partial charge in [0.25, 0.3) is 0 Å². The molecule has 4 bridgehead atoms. The van der Waals surface area contributed by atoms with Crippen molar-refractivity contribution < 1.29 is 38.1 Å². The lowest BCUT2D eigenvalue weighted by atomic mass is 9.63. The Morgan fingerprint density at radius 3 is 1.93 bits per heavy atom. The van der Waals surface area contributed by atoms with Crippen molar-refractivity contribution in [2.75, 3.05) is 0 Å². The molecule has 4 fully saturated rings. The van der Waals surface area contributed by atoms with Gasteiger partial charge in [0.15, 0.2) is 0 Å². The summed E-state index contributed by atoms with van der Waals surface area (Å²) in [6.07, 6.45) is 4.20. The monoisotopic (exact) mass is 560 g/mol. The highest BCUT2D eigenvalue weighted by Crippen LogP contribution is 2.61. The Bertz CT molecular complexity index is 1100. The molecule has 4 rings (SSSR count). The van der Waals surface area contributed by atoms with Crippen molar-refractivity contribution in [3.8, 4) is 0 Å². The number of hydrogen-bond donors (Lipinski definition) is 0. The number of ether oxygens (including phenoxy) is 4. The molecule has 0 aromatic carbocycles. The molecule has 0 radical (unpaired) electrons. The molecule has 0 aromatic heterocycles. The van der Waals surface area contributed by atoms with Crippen LogP contribution in [0.3, 0.4) is 0 Å². The molecule has 0 aromatic rings. The van der Waals surface area contributed by atoms with Gasteiger partial charge >= 0.3 is 23.9 Å². The van der Waals surface area contributed by atoms with Crippen LogP contribution >= 0.6 is 0 Å². The lowest BCUT2D eigenvalue weighted by Gasteiger charge is -2.51. The van der Waals surface area contributed by atoms with Gasteiger partial charge in [-0.15, -0.1) is 0 Å². The summed E-state index contributed by atoms with van der Waals surface area (Å²) in [5, 5.41) is 0. The smallest absolute Gasteiger partial charge is 0.333 e. The number of fused-ring (bicyclic) bond motifs is 4. The van der Waals surface area contributed by atoms with Crippen molar-refractivity contribution >= 4 is 23.9 Å². The zero-order valence-electron chi connectivity index (χ0n) is 26.0. The molecule has 8 heteroatoms. The molecule has 4 aliphatic rings. The van der Waals surface area contributed by atoms with Gasteiger partial charge in [0, 0.05) is 22.5 Å². The fourth-order valence-electron chi connectivity index (χ4n) is 7.47. The van der Waals surface area contributed by atoms with Crippen molar-refractivity contribution in [2.24, 2.45) is 34.5 Å². The second-order valence-corrected chi connectivity index (χ2v) is 14.2. The van der Waals surface area contributed by atoms with Crippen LogP contribution in [-0.4, -0.2) is 46.8 Å². The molecule has 2 aliphatic carbocycles. The third kappa shape index (κ3) is 5.11. The molecule has 40 heavy (non-hydrogen) atoms. The fourth-order valence-corrected chi connectivity index (χ4v) is 7.47. The van der Waals surface area contributed by atoms with Crippen LogP contribution in [-0.2, 0) is 38.1 Å². The van der Waals surface area contributed by atoms with E-state index in [4.69, 9.17) is 18.9 Å². The molecule has 0 spiro atoms. The predicted molar refractivity (Wildman–Crippen MR) is 150 cm³/mol. The van der Waals surface area contributed by atoms with E-state index in [-0.39, 0.29) is 40.5 Å². The summed E-state index contributed by atoms with van der Waals surface area (Å²) in [6.45, 7) is 26.5. The fraction of sp³-hybridized carbons (Fsp3) is 0.750. The zero-order chi connectivity index (χ0) is 30.6. The standard InChI is InChI=1S/C17H26O4.C15H22O4/c1-10(2)13(18)20-16(5,6)12-11-8-9-17(7,15(11,3)4)21-14(12)19;1-6-11(16)18-9(2)12-10-7-8-15(5,14(10,3)4)19-13(12)17/h11-12H,1,8-9H2,2-7H3;6,9-10,12H,1,7-8H2,2-5H3. The average Bonchev–Trinajstić information content (AvgIpc) is 3.02. The predicted octanol–water partition coefficient (Wildman–Crippen LogP) is 5.72. The van der Waals surface area contributed by atoms with Crippen LogP contribution in [0.4, 0.5) is 0 Å². The molecule has 2 saturated heterocycles. The van der Waals surface area contributed by atoms with E-state index in [1.54, 1.807) is 27.7 Å². The molecule has 7 atom stereocenters. The largest absolute Gasteiger partial charge is 0.459 e. The van der Waals surface area contributed by atoms with Gasteiger partial charge in [-0.25, -0.2) is 9.59 Å². The summed E-state index contributed by atoms with van der Waals surface area (Å²) in [7, 11) is 0. The Kier molecular flexibility index (Phi) is 8.23. The average molecular weight is 561 g/mol. The van der Waals surface area contributed by atoms with E-state index < -0.39 is 40.8 Å². The Balaban J connectivity index is 0.000000222. The Hall–Kier alpha value is -2.64. The molecule has 0 N–H and O–H groups in total. The van der Waals surface area contributed by atoms with E-state index in [0.29, 0.717) is 5.57 Å². The van der Waals surface area contributed by atoms with Crippen molar-refractivity contribution in [1.82, 2.24) is 0 Å². The van der Waals surface area contributed by atoms with E-state index in [1.807, 2.05) is 13.8 Å².